The van der Waals surface area contributed by atoms with Crippen LogP contribution in [0.3, 0.4) is 0 Å². The summed E-state index contributed by atoms with van der Waals surface area (Å²) in [5, 5.41) is 10.1. The van der Waals surface area contributed by atoms with Gasteiger partial charge < -0.3 is 33.2 Å². The van der Waals surface area contributed by atoms with Gasteiger partial charge in [-0.3, -0.25) is 9.59 Å². The normalized spacial score (nSPS) is 12.3. The van der Waals surface area contributed by atoms with Crippen LogP contribution in [-0.4, -0.2) is 65.9 Å². The number of rotatable bonds is 11. The number of ether oxygens (including phenoxy) is 4. The largest absolute Gasteiger partial charge is 0.508 e. The van der Waals surface area contributed by atoms with E-state index in [0.717, 1.165) is 0 Å². The minimum Gasteiger partial charge on any atom is -0.462 e. The molecule has 2 aromatic heterocycles. The summed E-state index contributed by atoms with van der Waals surface area (Å²) in [5.41, 5.74) is -0.690. The number of hydrogen-bond acceptors (Lipinski definition) is 10. The van der Waals surface area contributed by atoms with Crippen molar-refractivity contribution in [1.82, 2.24) is 9.13 Å². The number of esters is 2. The van der Waals surface area contributed by atoms with Crippen molar-refractivity contribution in [2.45, 2.75) is 53.6 Å². The summed E-state index contributed by atoms with van der Waals surface area (Å²) in [6.07, 6.45) is 1.83. The number of benzene rings is 2. The Morgan fingerprint density at radius 2 is 1.13 bits per heavy atom. The number of halogens is 4. The lowest BCUT2D eigenvalue weighted by Gasteiger charge is -2.26. The monoisotopic (exact) mass is 952 g/mol. The molecule has 0 amide bonds. The highest BCUT2D eigenvalue weighted by atomic mass is 127. The smallest absolute Gasteiger partial charge is 0.462 e. The minimum atomic E-state index is -0.859. The van der Waals surface area contributed by atoms with Gasteiger partial charge in [0.05, 0.1) is 50.0 Å². The molecule has 4 aromatic rings. The number of methoxy groups -OCH3 is 1. The predicted octanol–water partition coefficient (Wildman–Crippen LogP) is 7.01. The first-order chi connectivity index (χ1) is 24.5. The summed E-state index contributed by atoms with van der Waals surface area (Å²) in [7, 11) is 1.19. The third kappa shape index (κ3) is 9.66. The Hall–Kier alpha value is -3.65. The van der Waals surface area contributed by atoms with E-state index >= 15 is 0 Å². The molecule has 0 aliphatic carbocycles. The van der Waals surface area contributed by atoms with Crippen LogP contribution >= 0.6 is 45.2 Å². The second kappa shape index (κ2) is 18.9. The highest BCUT2D eigenvalue weighted by Gasteiger charge is 2.26. The molecule has 4 rings (SSSR count). The molecule has 0 radical (unpaired) electrons. The lowest BCUT2D eigenvalue weighted by Crippen LogP contribution is -2.28. The molecule has 52 heavy (non-hydrogen) atoms. The molecule has 0 saturated carbocycles. The molecular formula is C36H40F2I2N2O10. The van der Waals surface area contributed by atoms with Gasteiger partial charge in [0, 0.05) is 30.3 Å². The summed E-state index contributed by atoms with van der Waals surface area (Å²) in [5.74, 6) is -2.51. The Morgan fingerprint density at radius 1 is 0.731 bits per heavy atom. The second-order valence-corrected chi connectivity index (χ2v) is 14.5. The van der Waals surface area contributed by atoms with Gasteiger partial charge in [0.1, 0.15) is 29.4 Å². The van der Waals surface area contributed by atoms with Crippen LogP contribution < -0.4 is 10.9 Å². The number of fused-ring (bicyclic) bond motifs is 2. The van der Waals surface area contributed by atoms with Crippen LogP contribution in [0.4, 0.5) is 13.6 Å². The molecule has 0 bridgehead atoms. The van der Waals surface area contributed by atoms with E-state index in [-0.39, 0.29) is 67.3 Å². The van der Waals surface area contributed by atoms with Gasteiger partial charge in [-0.25, -0.2) is 23.2 Å². The molecule has 2 aromatic carbocycles. The molecular weight excluding hydrogens is 912 g/mol. The number of aliphatic hydroxyl groups excluding tert-OH is 1. The van der Waals surface area contributed by atoms with Crippen molar-refractivity contribution < 1.29 is 47.2 Å². The SMILES string of the molecule is CCOC(=O)c1cn(C(CO)C(C)C)c2cc(F)c(I)cc2c1=O.CCOC(=O)c1cn(C(COC(=O)OC)C(C)C)c2cc(F)c(I)cc2c1=O. The molecule has 2 heterocycles. The van der Waals surface area contributed by atoms with E-state index in [1.807, 2.05) is 27.7 Å². The van der Waals surface area contributed by atoms with E-state index in [0.29, 0.717) is 11.0 Å². The maximum Gasteiger partial charge on any atom is 0.508 e. The quantitative estimate of drug-likeness (QED) is 0.0945. The van der Waals surface area contributed by atoms with Gasteiger partial charge >= 0.3 is 18.1 Å². The zero-order valence-corrected chi connectivity index (χ0v) is 33.9. The van der Waals surface area contributed by atoms with Crippen molar-refractivity contribution >= 4 is 85.1 Å². The average molecular weight is 953 g/mol. The number of carbonyl (C=O) groups excluding carboxylic acids is 3. The van der Waals surface area contributed by atoms with Crippen LogP contribution in [0, 0.1) is 30.6 Å². The predicted molar refractivity (Wildman–Crippen MR) is 207 cm³/mol. The fourth-order valence-electron chi connectivity index (χ4n) is 5.37. The first-order valence-corrected chi connectivity index (χ1v) is 18.4. The summed E-state index contributed by atoms with van der Waals surface area (Å²) in [6.45, 7) is 10.8. The Kier molecular flexibility index (Phi) is 15.5. The van der Waals surface area contributed by atoms with Crippen LogP contribution in [0.15, 0.2) is 46.2 Å². The van der Waals surface area contributed by atoms with Crippen LogP contribution in [0.5, 0.6) is 0 Å². The van der Waals surface area contributed by atoms with Crippen molar-refractivity contribution in [3.63, 3.8) is 0 Å². The number of carbonyl (C=O) groups is 3. The van der Waals surface area contributed by atoms with E-state index in [4.69, 9.17) is 14.2 Å². The van der Waals surface area contributed by atoms with E-state index in [1.165, 1.54) is 43.8 Å². The van der Waals surface area contributed by atoms with Crippen LogP contribution in [-0.2, 0) is 18.9 Å². The molecule has 0 fully saturated rings. The van der Waals surface area contributed by atoms with Gasteiger partial charge in [0.25, 0.3) is 0 Å². The van der Waals surface area contributed by atoms with E-state index in [1.54, 1.807) is 68.2 Å². The fraction of sp³-hybridized carbons (Fsp3) is 0.417. The van der Waals surface area contributed by atoms with Gasteiger partial charge in [-0.2, -0.15) is 0 Å². The minimum absolute atomic E-state index is 0.0121. The van der Waals surface area contributed by atoms with Crippen LogP contribution in [0.2, 0.25) is 0 Å². The van der Waals surface area contributed by atoms with Crippen molar-refractivity contribution in [3.8, 4) is 0 Å². The number of pyridine rings is 2. The Balaban J connectivity index is 0.000000284. The number of nitrogens with zero attached hydrogens (tertiary/aromatic N) is 2. The third-order valence-electron chi connectivity index (χ3n) is 8.12. The summed E-state index contributed by atoms with van der Waals surface area (Å²) < 4.78 is 51.5. The highest BCUT2D eigenvalue weighted by Crippen LogP contribution is 2.28. The van der Waals surface area contributed by atoms with Crippen LogP contribution in [0.1, 0.15) is 74.3 Å². The summed E-state index contributed by atoms with van der Waals surface area (Å²) >= 11 is 3.58. The molecule has 2 unspecified atom stereocenters. The molecule has 0 saturated heterocycles. The molecule has 12 nitrogen and oxygen atoms in total. The average Bonchev–Trinajstić information content (AvgIpc) is 3.08. The first-order valence-electron chi connectivity index (χ1n) is 16.3. The molecule has 1 N–H and O–H groups in total. The Labute approximate surface area is 325 Å². The Morgan fingerprint density at radius 3 is 1.48 bits per heavy atom. The standard InChI is InChI=1S/C19H21FINO6.C17H19FINO4/c1-5-27-18(24)12-8-22(16(10(2)3)9-28-19(25)26-4)15-7-13(20)14(21)6-11(15)17(12)23;1-4-24-17(23)11-7-20(15(8-21)9(2)3)14-6-12(18)13(19)5-10(14)16(11)22/h6-8,10,16H,5,9H2,1-4H3;5-7,9,15,21H,4,8H2,1-3H3. The van der Waals surface area contributed by atoms with E-state index in [9.17, 15) is 37.9 Å². The molecule has 2 atom stereocenters. The molecule has 0 aliphatic rings. The fourth-order valence-corrected chi connectivity index (χ4v) is 6.31. The zero-order valence-electron chi connectivity index (χ0n) is 29.6. The van der Waals surface area contributed by atoms with Gasteiger partial charge in [0.15, 0.2) is 0 Å². The topological polar surface area (TPSA) is 152 Å². The second-order valence-electron chi connectivity index (χ2n) is 12.1. The van der Waals surface area contributed by atoms with Crippen molar-refractivity contribution in [2.24, 2.45) is 11.8 Å². The summed E-state index contributed by atoms with van der Waals surface area (Å²) in [6, 6.07) is 4.43. The van der Waals surface area contributed by atoms with E-state index in [2.05, 4.69) is 4.74 Å². The van der Waals surface area contributed by atoms with E-state index < -0.39 is 52.7 Å². The number of hydrogen-bond donors (Lipinski definition) is 1. The summed E-state index contributed by atoms with van der Waals surface area (Å²) in [4.78, 5) is 61.3. The number of aliphatic hydroxyl groups is 1. The maximum absolute atomic E-state index is 14.3. The van der Waals surface area contributed by atoms with Gasteiger partial charge in [0.2, 0.25) is 10.9 Å². The van der Waals surface area contributed by atoms with Crippen molar-refractivity contribution in [3.05, 3.63) is 87.0 Å². The third-order valence-corrected chi connectivity index (χ3v) is 9.77. The first kappa shape index (κ1) is 42.8. The number of aromatic nitrogens is 2. The van der Waals surface area contributed by atoms with Gasteiger partial charge in [-0.05, 0) is 95.1 Å². The molecule has 0 aliphatic heterocycles. The maximum atomic E-state index is 14.3. The van der Waals surface area contributed by atoms with Gasteiger partial charge in [-0.1, -0.05) is 27.7 Å². The highest BCUT2D eigenvalue weighted by molar-refractivity contribution is 14.1. The zero-order chi connectivity index (χ0) is 39.0. The molecule has 16 heteroatoms. The molecule has 282 valence electrons. The Bertz CT molecular complexity index is 2080. The lowest BCUT2D eigenvalue weighted by atomic mass is 10.0. The molecule has 0 spiro atoms. The van der Waals surface area contributed by atoms with Crippen LogP contribution in [0.25, 0.3) is 21.8 Å². The lowest BCUT2D eigenvalue weighted by molar-refractivity contribution is 0.0508. The van der Waals surface area contributed by atoms with Crippen molar-refractivity contribution in [2.75, 3.05) is 33.5 Å². The van der Waals surface area contributed by atoms with Gasteiger partial charge in [-0.15, -0.1) is 0 Å². The van der Waals surface area contributed by atoms with Crippen molar-refractivity contribution in [1.29, 1.82) is 0 Å².